The van der Waals surface area contributed by atoms with Crippen LogP contribution in [0.3, 0.4) is 0 Å². The van der Waals surface area contributed by atoms with Crippen molar-refractivity contribution < 1.29 is 0 Å². The topological polar surface area (TPSA) is 15.3 Å². The van der Waals surface area contributed by atoms with Crippen molar-refractivity contribution in [3.8, 4) is 0 Å². The van der Waals surface area contributed by atoms with Gasteiger partial charge in [-0.3, -0.25) is 4.90 Å². The number of hydrogen-bond donors (Lipinski definition) is 1. The van der Waals surface area contributed by atoms with Crippen LogP contribution in [0.5, 0.6) is 0 Å². The largest absolute Gasteiger partial charge is 0.314 e. The van der Waals surface area contributed by atoms with E-state index in [1.807, 2.05) is 0 Å². The number of nitrogens with zero attached hydrogens (tertiary/aromatic N) is 1. The molecule has 1 rings (SSSR count). The van der Waals surface area contributed by atoms with Crippen molar-refractivity contribution in [2.45, 2.75) is 71.4 Å². The van der Waals surface area contributed by atoms with Crippen LogP contribution in [0.15, 0.2) is 0 Å². The van der Waals surface area contributed by atoms with Gasteiger partial charge in [-0.1, -0.05) is 20.8 Å². The third-order valence-electron chi connectivity index (χ3n) is 4.57. The van der Waals surface area contributed by atoms with Gasteiger partial charge < -0.3 is 5.32 Å². The second-order valence-corrected chi connectivity index (χ2v) is 5.27. The predicted molar refractivity (Wildman–Crippen MR) is 71.9 cm³/mol. The van der Waals surface area contributed by atoms with Gasteiger partial charge in [-0.25, -0.2) is 0 Å². The molecule has 1 N–H and O–H groups in total. The van der Waals surface area contributed by atoms with Gasteiger partial charge in [-0.15, -0.1) is 0 Å². The molecule has 16 heavy (non-hydrogen) atoms. The monoisotopic (exact) mass is 226 g/mol. The standard InChI is InChI=1S/C14H30N2/c1-5-14(6-2,7-3)16-11-8-10-15-13(4)9-12-16/h13,15H,5-12H2,1-4H3. The molecule has 2 nitrogen and oxygen atoms in total. The molecule has 0 aromatic carbocycles. The summed E-state index contributed by atoms with van der Waals surface area (Å²) in [6.45, 7) is 13.1. The van der Waals surface area contributed by atoms with Gasteiger partial charge in [0, 0.05) is 18.1 Å². The maximum atomic E-state index is 3.58. The average molecular weight is 226 g/mol. The molecule has 1 heterocycles. The number of rotatable bonds is 4. The molecule has 0 bridgehead atoms. The summed E-state index contributed by atoms with van der Waals surface area (Å²) in [6.07, 6.45) is 6.47. The van der Waals surface area contributed by atoms with Gasteiger partial charge in [0.25, 0.3) is 0 Å². The molecule has 0 saturated carbocycles. The molecule has 1 fully saturated rings. The Bertz CT molecular complexity index is 179. The van der Waals surface area contributed by atoms with Crippen molar-refractivity contribution in [3.63, 3.8) is 0 Å². The minimum absolute atomic E-state index is 0.469. The summed E-state index contributed by atoms with van der Waals surface area (Å²) in [5.41, 5.74) is 0.469. The molecule has 1 aliphatic heterocycles. The van der Waals surface area contributed by atoms with E-state index >= 15 is 0 Å². The van der Waals surface area contributed by atoms with Crippen molar-refractivity contribution in [2.24, 2.45) is 0 Å². The van der Waals surface area contributed by atoms with E-state index in [9.17, 15) is 0 Å². The second-order valence-electron chi connectivity index (χ2n) is 5.27. The molecule has 0 spiro atoms. The fourth-order valence-corrected chi connectivity index (χ4v) is 3.08. The van der Waals surface area contributed by atoms with E-state index in [4.69, 9.17) is 0 Å². The molecule has 1 atom stereocenters. The normalized spacial score (nSPS) is 25.1. The van der Waals surface area contributed by atoms with E-state index in [1.54, 1.807) is 0 Å². The van der Waals surface area contributed by atoms with Crippen LogP contribution in [-0.2, 0) is 0 Å². The maximum absolute atomic E-state index is 3.58. The third-order valence-corrected chi connectivity index (χ3v) is 4.57. The van der Waals surface area contributed by atoms with Gasteiger partial charge in [0.15, 0.2) is 0 Å². The van der Waals surface area contributed by atoms with Crippen LogP contribution in [0.25, 0.3) is 0 Å². The summed E-state index contributed by atoms with van der Waals surface area (Å²) < 4.78 is 0. The Kier molecular flexibility index (Phi) is 5.77. The van der Waals surface area contributed by atoms with Crippen LogP contribution in [0, 0.1) is 0 Å². The first-order valence-electron chi connectivity index (χ1n) is 7.17. The predicted octanol–water partition coefficient (Wildman–Crippen LogP) is 3.03. The Morgan fingerprint density at radius 1 is 1.12 bits per heavy atom. The quantitative estimate of drug-likeness (QED) is 0.792. The highest BCUT2D eigenvalue weighted by Crippen LogP contribution is 2.28. The summed E-state index contributed by atoms with van der Waals surface area (Å²) in [7, 11) is 0. The van der Waals surface area contributed by atoms with E-state index in [0.717, 1.165) is 0 Å². The molecular weight excluding hydrogens is 196 g/mol. The fourth-order valence-electron chi connectivity index (χ4n) is 3.08. The summed E-state index contributed by atoms with van der Waals surface area (Å²) >= 11 is 0. The molecular formula is C14H30N2. The lowest BCUT2D eigenvalue weighted by atomic mass is 9.87. The van der Waals surface area contributed by atoms with E-state index in [0.29, 0.717) is 11.6 Å². The Morgan fingerprint density at radius 3 is 2.31 bits per heavy atom. The summed E-state index contributed by atoms with van der Waals surface area (Å²) in [5.74, 6) is 0. The van der Waals surface area contributed by atoms with Gasteiger partial charge in [0.2, 0.25) is 0 Å². The molecule has 1 aliphatic rings. The van der Waals surface area contributed by atoms with E-state index < -0.39 is 0 Å². The SMILES string of the molecule is CCC(CC)(CC)N1CCCNC(C)CC1. The number of hydrogen-bond acceptors (Lipinski definition) is 2. The summed E-state index contributed by atoms with van der Waals surface area (Å²) in [6, 6.07) is 0.686. The van der Waals surface area contributed by atoms with Crippen molar-refractivity contribution in [1.82, 2.24) is 10.2 Å². The highest BCUT2D eigenvalue weighted by Gasteiger charge is 2.31. The van der Waals surface area contributed by atoms with Crippen molar-refractivity contribution in [3.05, 3.63) is 0 Å². The highest BCUT2D eigenvalue weighted by atomic mass is 15.2. The lowest BCUT2D eigenvalue weighted by Crippen LogP contribution is -2.51. The summed E-state index contributed by atoms with van der Waals surface area (Å²) in [4.78, 5) is 2.77. The van der Waals surface area contributed by atoms with E-state index in [1.165, 1.54) is 51.7 Å². The fraction of sp³-hybridized carbons (Fsp3) is 1.00. The second kappa shape index (κ2) is 6.61. The number of nitrogens with one attached hydrogen (secondary N) is 1. The van der Waals surface area contributed by atoms with E-state index in [-0.39, 0.29) is 0 Å². The van der Waals surface area contributed by atoms with Crippen molar-refractivity contribution in [1.29, 1.82) is 0 Å². The first kappa shape index (κ1) is 14.0. The van der Waals surface area contributed by atoms with Crippen LogP contribution in [0.4, 0.5) is 0 Å². The first-order chi connectivity index (χ1) is 7.68. The minimum atomic E-state index is 0.469. The van der Waals surface area contributed by atoms with Gasteiger partial charge in [-0.05, 0) is 52.1 Å². The van der Waals surface area contributed by atoms with Crippen LogP contribution >= 0.6 is 0 Å². The zero-order valence-corrected chi connectivity index (χ0v) is 11.7. The Hall–Kier alpha value is -0.0800. The molecule has 1 saturated heterocycles. The molecule has 0 amide bonds. The Labute approximate surface area is 102 Å². The summed E-state index contributed by atoms with van der Waals surface area (Å²) in [5, 5.41) is 3.58. The maximum Gasteiger partial charge on any atom is 0.0201 e. The van der Waals surface area contributed by atoms with Crippen LogP contribution in [0.1, 0.15) is 59.8 Å². The van der Waals surface area contributed by atoms with Crippen LogP contribution < -0.4 is 5.32 Å². The average Bonchev–Trinajstić information content (AvgIpc) is 2.29. The third kappa shape index (κ3) is 3.21. The lowest BCUT2D eigenvalue weighted by molar-refractivity contribution is 0.0628. The van der Waals surface area contributed by atoms with Crippen molar-refractivity contribution >= 4 is 0 Å². The van der Waals surface area contributed by atoms with Crippen LogP contribution in [0.2, 0.25) is 0 Å². The molecule has 1 unspecified atom stereocenters. The molecule has 0 aromatic rings. The molecule has 2 heteroatoms. The Balaban J connectivity index is 2.66. The first-order valence-corrected chi connectivity index (χ1v) is 7.17. The van der Waals surface area contributed by atoms with E-state index in [2.05, 4.69) is 37.9 Å². The zero-order chi connectivity index (χ0) is 12.0. The molecule has 0 aromatic heterocycles. The van der Waals surface area contributed by atoms with Gasteiger partial charge in [-0.2, -0.15) is 0 Å². The highest BCUT2D eigenvalue weighted by molar-refractivity contribution is 4.88. The van der Waals surface area contributed by atoms with Gasteiger partial charge >= 0.3 is 0 Å². The molecule has 96 valence electrons. The van der Waals surface area contributed by atoms with Crippen molar-refractivity contribution in [2.75, 3.05) is 19.6 Å². The molecule has 0 radical (unpaired) electrons. The van der Waals surface area contributed by atoms with Gasteiger partial charge in [0.1, 0.15) is 0 Å². The van der Waals surface area contributed by atoms with Crippen LogP contribution in [-0.4, -0.2) is 36.1 Å². The smallest absolute Gasteiger partial charge is 0.0201 e. The molecule has 0 aliphatic carbocycles. The minimum Gasteiger partial charge on any atom is -0.314 e. The lowest BCUT2D eigenvalue weighted by Gasteiger charge is -2.44. The van der Waals surface area contributed by atoms with Gasteiger partial charge in [0.05, 0.1) is 0 Å². The zero-order valence-electron chi connectivity index (χ0n) is 11.7. The Morgan fingerprint density at radius 2 is 1.75 bits per heavy atom.